The predicted octanol–water partition coefficient (Wildman–Crippen LogP) is 4.42. The van der Waals surface area contributed by atoms with Crippen LogP contribution in [0.3, 0.4) is 0 Å². The lowest BCUT2D eigenvalue weighted by molar-refractivity contribution is 0.452. The fourth-order valence-corrected chi connectivity index (χ4v) is 3.49. The summed E-state index contributed by atoms with van der Waals surface area (Å²) in [5.74, 6) is 1.27. The summed E-state index contributed by atoms with van der Waals surface area (Å²) in [4.78, 5) is 4.30. The number of ether oxygens (including phenoxy) is 1. The first-order chi connectivity index (χ1) is 12.6. The van der Waals surface area contributed by atoms with E-state index in [9.17, 15) is 8.42 Å². The minimum absolute atomic E-state index is 0.138. The van der Waals surface area contributed by atoms with Gasteiger partial charge in [-0.3, -0.25) is 9.71 Å². The number of aromatic nitrogens is 1. The second-order valence-electron chi connectivity index (χ2n) is 5.49. The van der Waals surface area contributed by atoms with Crippen LogP contribution >= 0.6 is 0 Å². The molecule has 0 amide bonds. The first-order valence-corrected chi connectivity index (χ1v) is 9.28. The van der Waals surface area contributed by atoms with Crippen molar-refractivity contribution < 1.29 is 17.6 Å². The van der Waals surface area contributed by atoms with Crippen LogP contribution in [0, 0.1) is 0 Å². The van der Waals surface area contributed by atoms with Gasteiger partial charge in [-0.05, 0) is 54.6 Å². The number of pyridine rings is 1. The second kappa shape index (κ2) is 6.53. The Morgan fingerprint density at radius 1 is 0.923 bits per heavy atom. The SMILES string of the molecule is O=S(=O)(Nc1ccc(Oc2ccnc3ccccc23)cc1)c1ccco1. The van der Waals surface area contributed by atoms with E-state index in [1.165, 1.54) is 18.4 Å². The van der Waals surface area contributed by atoms with Gasteiger partial charge in [-0.1, -0.05) is 12.1 Å². The molecule has 1 N–H and O–H groups in total. The van der Waals surface area contributed by atoms with Gasteiger partial charge in [0.1, 0.15) is 11.5 Å². The lowest BCUT2D eigenvalue weighted by Gasteiger charge is -2.10. The van der Waals surface area contributed by atoms with Gasteiger partial charge >= 0.3 is 0 Å². The molecule has 0 unspecified atom stereocenters. The fourth-order valence-electron chi connectivity index (χ4n) is 2.50. The third kappa shape index (κ3) is 3.25. The lowest BCUT2D eigenvalue weighted by atomic mass is 10.2. The van der Waals surface area contributed by atoms with Crippen LogP contribution in [0.15, 0.2) is 88.7 Å². The van der Waals surface area contributed by atoms with Gasteiger partial charge in [0.25, 0.3) is 10.0 Å². The van der Waals surface area contributed by atoms with Crippen molar-refractivity contribution in [3.8, 4) is 11.5 Å². The van der Waals surface area contributed by atoms with E-state index in [4.69, 9.17) is 9.15 Å². The van der Waals surface area contributed by atoms with Gasteiger partial charge in [0.05, 0.1) is 11.8 Å². The summed E-state index contributed by atoms with van der Waals surface area (Å²) in [6.45, 7) is 0. The normalized spacial score (nSPS) is 11.4. The first kappa shape index (κ1) is 16.2. The Labute approximate surface area is 150 Å². The van der Waals surface area contributed by atoms with Crippen molar-refractivity contribution in [3.05, 3.63) is 79.2 Å². The molecule has 0 aliphatic carbocycles. The molecule has 0 bridgehead atoms. The molecule has 4 rings (SSSR count). The zero-order valence-electron chi connectivity index (χ0n) is 13.5. The van der Waals surface area contributed by atoms with Crippen LogP contribution in [-0.4, -0.2) is 13.4 Å². The quantitative estimate of drug-likeness (QED) is 0.565. The number of sulfonamides is 1. The van der Waals surface area contributed by atoms with Gasteiger partial charge in [0, 0.05) is 17.3 Å². The highest BCUT2D eigenvalue weighted by Gasteiger charge is 2.17. The van der Waals surface area contributed by atoms with Gasteiger partial charge in [-0.2, -0.15) is 8.42 Å². The molecule has 0 saturated heterocycles. The van der Waals surface area contributed by atoms with E-state index >= 15 is 0 Å². The van der Waals surface area contributed by atoms with Gasteiger partial charge in [0.2, 0.25) is 5.09 Å². The number of hydrogen-bond acceptors (Lipinski definition) is 5. The van der Waals surface area contributed by atoms with Crippen molar-refractivity contribution >= 4 is 26.6 Å². The topological polar surface area (TPSA) is 81.4 Å². The van der Waals surface area contributed by atoms with Crippen LogP contribution in [-0.2, 0) is 10.0 Å². The highest BCUT2D eigenvalue weighted by Crippen LogP contribution is 2.29. The van der Waals surface area contributed by atoms with E-state index in [0.29, 0.717) is 17.2 Å². The summed E-state index contributed by atoms with van der Waals surface area (Å²) in [6, 6.07) is 19.0. The van der Waals surface area contributed by atoms with Crippen LogP contribution in [0.1, 0.15) is 0 Å². The van der Waals surface area contributed by atoms with Crippen molar-refractivity contribution in [1.29, 1.82) is 0 Å². The zero-order chi connectivity index (χ0) is 18.0. The van der Waals surface area contributed by atoms with Crippen molar-refractivity contribution in [1.82, 2.24) is 4.98 Å². The van der Waals surface area contributed by atoms with Crippen molar-refractivity contribution in [3.63, 3.8) is 0 Å². The van der Waals surface area contributed by atoms with Crippen molar-refractivity contribution in [2.45, 2.75) is 5.09 Å². The van der Waals surface area contributed by atoms with Crippen LogP contribution in [0.5, 0.6) is 11.5 Å². The molecule has 0 spiro atoms. The number of benzene rings is 2. The molecule has 0 atom stereocenters. The largest absolute Gasteiger partial charge is 0.457 e. The van der Waals surface area contributed by atoms with Crippen LogP contribution in [0.25, 0.3) is 10.9 Å². The van der Waals surface area contributed by atoms with Crippen LogP contribution in [0.4, 0.5) is 5.69 Å². The molecule has 0 radical (unpaired) electrons. The molecule has 2 aromatic carbocycles. The van der Waals surface area contributed by atoms with Crippen molar-refractivity contribution in [2.75, 3.05) is 4.72 Å². The molecule has 0 fully saturated rings. The Kier molecular flexibility index (Phi) is 4.06. The Morgan fingerprint density at radius 2 is 1.73 bits per heavy atom. The second-order valence-corrected chi connectivity index (χ2v) is 7.10. The predicted molar refractivity (Wildman–Crippen MR) is 97.8 cm³/mol. The number of para-hydroxylation sites is 1. The van der Waals surface area contributed by atoms with E-state index in [1.807, 2.05) is 24.3 Å². The molecule has 0 aliphatic rings. The summed E-state index contributed by atoms with van der Waals surface area (Å²) in [5, 5.41) is 0.763. The third-order valence-electron chi connectivity index (χ3n) is 3.70. The Hall–Kier alpha value is -3.32. The number of anilines is 1. The molecule has 2 heterocycles. The lowest BCUT2D eigenvalue weighted by Crippen LogP contribution is -2.11. The molecule has 4 aromatic rings. The molecule has 2 aromatic heterocycles. The van der Waals surface area contributed by atoms with Crippen molar-refractivity contribution in [2.24, 2.45) is 0 Å². The first-order valence-electron chi connectivity index (χ1n) is 7.80. The average molecular weight is 366 g/mol. The van der Waals surface area contributed by atoms with E-state index in [2.05, 4.69) is 9.71 Å². The Balaban J connectivity index is 1.55. The molecule has 7 heteroatoms. The summed E-state index contributed by atoms with van der Waals surface area (Å²) >= 11 is 0. The molecule has 0 saturated carbocycles. The number of nitrogens with one attached hydrogen (secondary N) is 1. The standard InChI is InChI=1S/C19H14N2O4S/c22-26(23,19-6-3-13-24-19)21-14-7-9-15(10-8-14)25-18-11-12-20-17-5-2-1-4-16(17)18/h1-13,21H. The van der Waals surface area contributed by atoms with E-state index in [1.54, 1.807) is 36.5 Å². The molecule has 130 valence electrons. The fraction of sp³-hybridized carbons (Fsp3) is 0. The summed E-state index contributed by atoms with van der Waals surface area (Å²) in [5.41, 5.74) is 1.25. The van der Waals surface area contributed by atoms with E-state index in [-0.39, 0.29) is 5.09 Å². The molecular weight excluding hydrogens is 352 g/mol. The van der Waals surface area contributed by atoms with Crippen LogP contribution in [0.2, 0.25) is 0 Å². The zero-order valence-corrected chi connectivity index (χ0v) is 14.3. The summed E-state index contributed by atoms with van der Waals surface area (Å²) in [7, 11) is -3.74. The monoisotopic (exact) mass is 366 g/mol. The highest BCUT2D eigenvalue weighted by atomic mass is 32.2. The Bertz CT molecular complexity index is 1130. The van der Waals surface area contributed by atoms with Gasteiger partial charge in [0.15, 0.2) is 0 Å². The minimum Gasteiger partial charge on any atom is -0.457 e. The van der Waals surface area contributed by atoms with E-state index < -0.39 is 10.0 Å². The smallest absolute Gasteiger partial charge is 0.295 e. The maximum Gasteiger partial charge on any atom is 0.295 e. The molecule has 26 heavy (non-hydrogen) atoms. The molecule has 0 aliphatic heterocycles. The number of furan rings is 1. The number of nitrogens with zero attached hydrogens (tertiary/aromatic N) is 1. The highest BCUT2D eigenvalue weighted by molar-refractivity contribution is 7.92. The molecular formula is C19H14N2O4S. The minimum atomic E-state index is -3.74. The summed E-state index contributed by atoms with van der Waals surface area (Å²) < 4.78 is 37.6. The van der Waals surface area contributed by atoms with Gasteiger partial charge in [-0.15, -0.1) is 0 Å². The number of hydrogen-bond donors (Lipinski definition) is 1. The molecule has 6 nitrogen and oxygen atoms in total. The summed E-state index contributed by atoms with van der Waals surface area (Å²) in [6.07, 6.45) is 2.99. The van der Waals surface area contributed by atoms with E-state index in [0.717, 1.165) is 10.9 Å². The Morgan fingerprint density at radius 3 is 2.50 bits per heavy atom. The van der Waals surface area contributed by atoms with Crippen LogP contribution < -0.4 is 9.46 Å². The third-order valence-corrected chi connectivity index (χ3v) is 4.97. The number of rotatable bonds is 5. The maximum absolute atomic E-state index is 12.1. The number of fused-ring (bicyclic) bond motifs is 1. The maximum atomic E-state index is 12.1. The average Bonchev–Trinajstić information content (AvgIpc) is 3.19. The van der Waals surface area contributed by atoms with Gasteiger partial charge < -0.3 is 9.15 Å². The van der Waals surface area contributed by atoms with Gasteiger partial charge in [-0.25, -0.2) is 0 Å².